The number of hydrogen-bond donors (Lipinski definition) is 1. The molecule has 1 N–H and O–H groups in total. The smallest absolute Gasteiger partial charge is 0.325 e. The van der Waals surface area contributed by atoms with Gasteiger partial charge in [-0.1, -0.05) is 33.1 Å². The standard InChI is InChI=1S/C24H38N4O4/c1-17(2)21(30)26-13-10-24(11-14-26)22(31)28(23(32)25-24)19-9-6-12-27(16-19)20(29)15-18-7-4-3-5-8-18/h17-19H,3-16H2,1-2H3,(H,25,32). The van der Waals surface area contributed by atoms with Gasteiger partial charge in [-0.2, -0.15) is 0 Å². The van der Waals surface area contributed by atoms with E-state index in [2.05, 4.69) is 5.32 Å². The summed E-state index contributed by atoms with van der Waals surface area (Å²) in [5.41, 5.74) is -0.904. The van der Waals surface area contributed by atoms with Crippen LogP contribution in [0, 0.1) is 11.8 Å². The van der Waals surface area contributed by atoms with Gasteiger partial charge in [0, 0.05) is 38.5 Å². The van der Waals surface area contributed by atoms with Crippen LogP contribution < -0.4 is 5.32 Å². The average Bonchev–Trinajstić information content (AvgIpc) is 3.03. The molecule has 32 heavy (non-hydrogen) atoms. The number of carbonyl (C=O) groups excluding carboxylic acids is 4. The van der Waals surface area contributed by atoms with Gasteiger partial charge in [0.15, 0.2) is 0 Å². The Balaban J connectivity index is 1.37. The molecule has 0 aromatic heterocycles. The quantitative estimate of drug-likeness (QED) is 0.672. The summed E-state index contributed by atoms with van der Waals surface area (Å²) >= 11 is 0. The normalized spacial score (nSPS) is 26.7. The highest BCUT2D eigenvalue weighted by atomic mass is 16.2. The monoisotopic (exact) mass is 446 g/mol. The molecule has 3 heterocycles. The molecule has 1 spiro atoms. The first-order chi connectivity index (χ1) is 15.3. The first-order valence-electron chi connectivity index (χ1n) is 12.5. The van der Waals surface area contributed by atoms with Crippen LogP contribution in [0.5, 0.6) is 0 Å². The van der Waals surface area contributed by atoms with Crippen molar-refractivity contribution < 1.29 is 19.2 Å². The second-order valence-corrected chi connectivity index (χ2v) is 10.5. The van der Waals surface area contributed by atoms with Crippen molar-refractivity contribution in [2.24, 2.45) is 11.8 Å². The van der Waals surface area contributed by atoms with Gasteiger partial charge < -0.3 is 15.1 Å². The second kappa shape index (κ2) is 9.40. The Morgan fingerprint density at radius 3 is 2.31 bits per heavy atom. The molecule has 4 rings (SSSR count). The zero-order valence-electron chi connectivity index (χ0n) is 19.6. The predicted octanol–water partition coefficient (Wildman–Crippen LogP) is 2.52. The van der Waals surface area contributed by atoms with E-state index in [4.69, 9.17) is 0 Å². The van der Waals surface area contributed by atoms with Gasteiger partial charge in [0.25, 0.3) is 5.91 Å². The van der Waals surface area contributed by atoms with E-state index in [9.17, 15) is 19.2 Å². The summed E-state index contributed by atoms with van der Waals surface area (Å²) in [6.45, 7) is 5.87. The van der Waals surface area contributed by atoms with Crippen molar-refractivity contribution in [3.63, 3.8) is 0 Å². The third kappa shape index (κ3) is 4.50. The fourth-order valence-corrected chi connectivity index (χ4v) is 5.94. The summed E-state index contributed by atoms with van der Waals surface area (Å²) in [4.78, 5) is 56.6. The Hall–Kier alpha value is -2.12. The molecule has 178 valence electrons. The lowest BCUT2D eigenvalue weighted by atomic mass is 9.86. The number of nitrogens with zero attached hydrogens (tertiary/aromatic N) is 3. The molecule has 0 aromatic rings. The third-order valence-corrected chi connectivity index (χ3v) is 7.92. The molecule has 3 saturated heterocycles. The Morgan fingerprint density at radius 2 is 1.66 bits per heavy atom. The molecule has 0 bridgehead atoms. The minimum Gasteiger partial charge on any atom is -0.342 e. The number of likely N-dealkylation sites (tertiary alicyclic amines) is 2. The zero-order valence-corrected chi connectivity index (χ0v) is 19.6. The van der Waals surface area contributed by atoms with Crippen molar-refractivity contribution in [1.82, 2.24) is 20.0 Å². The minimum absolute atomic E-state index is 0.0752. The molecule has 4 aliphatic rings. The molecule has 3 aliphatic heterocycles. The molecule has 1 unspecified atom stereocenters. The van der Waals surface area contributed by atoms with Crippen molar-refractivity contribution in [2.45, 2.75) is 89.6 Å². The number of carbonyl (C=O) groups is 4. The summed E-state index contributed by atoms with van der Waals surface area (Å²) in [7, 11) is 0. The second-order valence-electron chi connectivity index (χ2n) is 10.5. The first kappa shape index (κ1) is 23.1. The van der Waals surface area contributed by atoms with E-state index in [1.807, 2.05) is 18.7 Å². The predicted molar refractivity (Wildman–Crippen MR) is 120 cm³/mol. The van der Waals surface area contributed by atoms with Gasteiger partial charge in [-0.15, -0.1) is 0 Å². The Labute approximate surface area is 191 Å². The van der Waals surface area contributed by atoms with E-state index in [1.54, 1.807) is 4.90 Å². The molecule has 8 heteroatoms. The molecule has 1 atom stereocenters. The van der Waals surface area contributed by atoms with Crippen molar-refractivity contribution >= 4 is 23.8 Å². The van der Waals surface area contributed by atoms with E-state index in [-0.39, 0.29) is 35.7 Å². The van der Waals surface area contributed by atoms with Crippen LogP contribution in [0.25, 0.3) is 0 Å². The lowest BCUT2D eigenvalue weighted by Crippen LogP contribution is -2.57. The topological polar surface area (TPSA) is 90.0 Å². The van der Waals surface area contributed by atoms with Gasteiger partial charge in [-0.25, -0.2) is 4.79 Å². The van der Waals surface area contributed by atoms with Crippen LogP contribution in [0.15, 0.2) is 0 Å². The highest BCUT2D eigenvalue weighted by Gasteiger charge is 2.55. The Bertz CT molecular complexity index is 753. The van der Waals surface area contributed by atoms with Crippen LogP contribution >= 0.6 is 0 Å². The van der Waals surface area contributed by atoms with E-state index in [0.717, 1.165) is 25.7 Å². The van der Waals surface area contributed by atoms with Crippen LogP contribution in [0.2, 0.25) is 0 Å². The fourth-order valence-electron chi connectivity index (χ4n) is 5.94. The number of hydrogen-bond acceptors (Lipinski definition) is 4. The Morgan fingerprint density at radius 1 is 0.969 bits per heavy atom. The lowest BCUT2D eigenvalue weighted by Gasteiger charge is -2.39. The maximum atomic E-state index is 13.4. The van der Waals surface area contributed by atoms with Gasteiger partial charge in [-0.05, 0) is 44.4 Å². The minimum atomic E-state index is -0.904. The molecule has 5 amide bonds. The summed E-state index contributed by atoms with van der Waals surface area (Å²) in [5.74, 6) is 0.492. The van der Waals surface area contributed by atoms with Crippen LogP contribution in [0.4, 0.5) is 4.79 Å². The number of imide groups is 1. The number of rotatable bonds is 4. The van der Waals surface area contributed by atoms with Crippen LogP contribution in [0.1, 0.15) is 78.1 Å². The number of urea groups is 1. The molecule has 8 nitrogen and oxygen atoms in total. The molecular formula is C24H38N4O4. The van der Waals surface area contributed by atoms with E-state index in [0.29, 0.717) is 51.4 Å². The van der Waals surface area contributed by atoms with Gasteiger partial charge in [0.05, 0.1) is 6.04 Å². The summed E-state index contributed by atoms with van der Waals surface area (Å²) in [6.07, 6.45) is 9.00. The van der Waals surface area contributed by atoms with Crippen LogP contribution in [-0.2, 0) is 14.4 Å². The van der Waals surface area contributed by atoms with E-state index >= 15 is 0 Å². The highest BCUT2D eigenvalue weighted by Crippen LogP contribution is 2.33. The van der Waals surface area contributed by atoms with Crippen molar-refractivity contribution in [2.75, 3.05) is 26.2 Å². The maximum Gasteiger partial charge on any atom is 0.325 e. The lowest BCUT2D eigenvalue weighted by molar-refractivity contribution is -0.142. The largest absolute Gasteiger partial charge is 0.342 e. The highest BCUT2D eigenvalue weighted by molar-refractivity contribution is 6.07. The SMILES string of the molecule is CC(C)C(=O)N1CCC2(CC1)NC(=O)N(C1CCCN(C(=O)CC3CCCCC3)C1)C2=O. The van der Waals surface area contributed by atoms with E-state index < -0.39 is 5.54 Å². The van der Waals surface area contributed by atoms with E-state index in [1.165, 1.54) is 24.2 Å². The van der Waals surface area contributed by atoms with Gasteiger partial charge in [-0.3, -0.25) is 19.3 Å². The van der Waals surface area contributed by atoms with Crippen molar-refractivity contribution in [3.8, 4) is 0 Å². The Kier molecular flexibility index (Phi) is 6.77. The summed E-state index contributed by atoms with van der Waals surface area (Å²) in [5, 5.41) is 2.96. The average molecular weight is 447 g/mol. The van der Waals surface area contributed by atoms with Crippen molar-refractivity contribution in [3.05, 3.63) is 0 Å². The zero-order chi connectivity index (χ0) is 22.9. The van der Waals surface area contributed by atoms with Gasteiger partial charge >= 0.3 is 6.03 Å². The summed E-state index contributed by atoms with van der Waals surface area (Å²) in [6, 6.07) is -0.605. The van der Waals surface area contributed by atoms with Gasteiger partial charge in [0.2, 0.25) is 11.8 Å². The number of nitrogens with one attached hydrogen (secondary N) is 1. The molecule has 4 fully saturated rings. The summed E-state index contributed by atoms with van der Waals surface area (Å²) < 4.78 is 0. The molecular weight excluding hydrogens is 408 g/mol. The van der Waals surface area contributed by atoms with Crippen molar-refractivity contribution in [1.29, 1.82) is 0 Å². The van der Waals surface area contributed by atoms with Crippen LogP contribution in [-0.4, -0.2) is 76.2 Å². The van der Waals surface area contributed by atoms with Crippen LogP contribution in [0.3, 0.4) is 0 Å². The fraction of sp³-hybridized carbons (Fsp3) is 0.833. The first-order valence-corrected chi connectivity index (χ1v) is 12.5. The molecule has 1 saturated carbocycles. The number of amides is 5. The van der Waals surface area contributed by atoms with Gasteiger partial charge in [0.1, 0.15) is 5.54 Å². The number of piperidine rings is 2. The molecule has 0 radical (unpaired) electrons. The maximum absolute atomic E-state index is 13.4. The molecule has 0 aromatic carbocycles. The third-order valence-electron chi connectivity index (χ3n) is 7.92. The molecule has 1 aliphatic carbocycles.